The minimum Gasteiger partial charge on any atom is -0.375 e. The summed E-state index contributed by atoms with van der Waals surface area (Å²) in [4.78, 5) is 4.62. The van der Waals surface area contributed by atoms with E-state index in [1.54, 1.807) is 0 Å². The summed E-state index contributed by atoms with van der Waals surface area (Å²) in [6.07, 6.45) is 1.07. The van der Waals surface area contributed by atoms with Gasteiger partial charge in [0.2, 0.25) is 0 Å². The van der Waals surface area contributed by atoms with E-state index in [4.69, 9.17) is 4.74 Å². The van der Waals surface area contributed by atoms with E-state index in [0.29, 0.717) is 12.0 Å². The highest BCUT2D eigenvalue weighted by molar-refractivity contribution is 5.10. The summed E-state index contributed by atoms with van der Waals surface area (Å²) in [5.41, 5.74) is 2.51. The van der Waals surface area contributed by atoms with Gasteiger partial charge in [-0.3, -0.25) is 4.98 Å². The van der Waals surface area contributed by atoms with Gasteiger partial charge in [0.25, 0.3) is 0 Å². The molecule has 1 aromatic rings. The van der Waals surface area contributed by atoms with Crippen LogP contribution in [0.25, 0.3) is 0 Å². The number of nitrogens with zero attached hydrogens (tertiary/aromatic N) is 1. The first kappa shape index (κ1) is 17.1. The van der Waals surface area contributed by atoms with Gasteiger partial charge in [-0.15, -0.1) is 0 Å². The minimum absolute atomic E-state index is 0.112. The summed E-state index contributed by atoms with van der Waals surface area (Å²) >= 11 is 0. The van der Waals surface area contributed by atoms with E-state index in [-0.39, 0.29) is 5.54 Å². The number of rotatable bonds is 6. The van der Waals surface area contributed by atoms with Crippen LogP contribution in [0.4, 0.5) is 0 Å². The molecule has 0 aliphatic carbocycles. The molecular weight excluding hydrogens is 248 g/mol. The number of aromatic nitrogens is 1. The SMILES string of the molecule is CC(C)(C)CCOCc1cccc(CNC(C)(C)C)n1. The van der Waals surface area contributed by atoms with Crippen molar-refractivity contribution < 1.29 is 4.74 Å². The molecule has 1 heterocycles. The van der Waals surface area contributed by atoms with E-state index in [0.717, 1.165) is 31.0 Å². The molecule has 1 N–H and O–H groups in total. The fourth-order valence-corrected chi connectivity index (χ4v) is 1.62. The molecule has 0 spiro atoms. The normalized spacial score (nSPS) is 12.7. The molecule has 0 saturated heterocycles. The molecule has 0 aromatic carbocycles. The first-order valence-electron chi connectivity index (χ1n) is 7.43. The summed E-state index contributed by atoms with van der Waals surface area (Å²) in [5.74, 6) is 0. The summed E-state index contributed by atoms with van der Waals surface area (Å²) < 4.78 is 5.71. The van der Waals surface area contributed by atoms with Crippen LogP contribution in [0.2, 0.25) is 0 Å². The standard InChI is InChI=1S/C17H30N2O/c1-16(2,3)10-11-20-13-15-9-7-8-14(19-15)12-18-17(4,5)6/h7-9,18H,10-13H2,1-6H3. The summed E-state index contributed by atoms with van der Waals surface area (Å²) in [7, 11) is 0. The summed E-state index contributed by atoms with van der Waals surface area (Å²) in [6, 6.07) is 6.13. The third kappa shape index (κ3) is 8.28. The van der Waals surface area contributed by atoms with Crippen LogP contribution < -0.4 is 5.32 Å². The van der Waals surface area contributed by atoms with Gasteiger partial charge < -0.3 is 10.1 Å². The number of hydrogen-bond acceptors (Lipinski definition) is 3. The molecule has 0 atom stereocenters. The number of pyridine rings is 1. The van der Waals surface area contributed by atoms with E-state index in [1.165, 1.54) is 0 Å². The molecule has 0 aliphatic rings. The molecule has 0 fully saturated rings. The summed E-state index contributed by atoms with van der Waals surface area (Å²) in [5, 5.41) is 3.45. The minimum atomic E-state index is 0.112. The lowest BCUT2D eigenvalue weighted by atomic mass is 9.93. The van der Waals surface area contributed by atoms with Crippen LogP contribution in [0, 0.1) is 5.41 Å². The Balaban J connectivity index is 2.40. The first-order chi connectivity index (χ1) is 9.16. The van der Waals surface area contributed by atoms with Crippen molar-refractivity contribution in [2.45, 2.75) is 66.7 Å². The Morgan fingerprint density at radius 3 is 2.30 bits per heavy atom. The highest BCUT2D eigenvalue weighted by Crippen LogP contribution is 2.18. The first-order valence-corrected chi connectivity index (χ1v) is 7.43. The molecule has 3 heteroatoms. The average Bonchev–Trinajstić information content (AvgIpc) is 2.31. The highest BCUT2D eigenvalue weighted by Gasteiger charge is 2.10. The second-order valence-corrected chi connectivity index (χ2v) is 7.59. The van der Waals surface area contributed by atoms with Crippen LogP contribution in [-0.4, -0.2) is 17.1 Å². The van der Waals surface area contributed by atoms with Gasteiger partial charge in [-0.05, 0) is 44.7 Å². The largest absolute Gasteiger partial charge is 0.375 e. The second-order valence-electron chi connectivity index (χ2n) is 7.59. The molecule has 0 radical (unpaired) electrons. The van der Waals surface area contributed by atoms with Gasteiger partial charge in [-0.2, -0.15) is 0 Å². The van der Waals surface area contributed by atoms with Crippen molar-refractivity contribution in [3.05, 3.63) is 29.6 Å². The zero-order chi connectivity index (χ0) is 15.2. The topological polar surface area (TPSA) is 34.1 Å². The molecule has 20 heavy (non-hydrogen) atoms. The van der Waals surface area contributed by atoms with Gasteiger partial charge in [0.1, 0.15) is 0 Å². The molecule has 3 nitrogen and oxygen atoms in total. The maximum absolute atomic E-state index is 5.71. The predicted molar refractivity (Wildman–Crippen MR) is 84.6 cm³/mol. The molecule has 0 unspecified atom stereocenters. The van der Waals surface area contributed by atoms with Crippen LogP contribution >= 0.6 is 0 Å². The molecule has 1 aromatic heterocycles. The van der Waals surface area contributed by atoms with Gasteiger partial charge in [0.05, 0.1) is 18.0 Å². The maximum atomic E-state index is 5.71. The van der Waals surface area contributed by atoms with Crippen molar-refractivity contribution >= 4 is 0 Å². The predicted octanol–water partition coefficient (Wildman–Crippen LogP) is 3.92. The average molecular weight is 278 g/mol. The van der Waals surface area contributed by atoms with Gasteiger partial charge in [0, 0.05) is 18.7 Å². The van der Waals surface area contributed by atoms with Crippen LogP contribution in [0.15, 0.2) is 18.2 Å². The Morgan fingerprint density at radius 2 is 1.70 bits per heavy atom. The highest BCUT2D eigenvalue weighted by atomic mass is 16.5. The lowest BCUT2D eigenvalue weighted by molar-refractivity contribution is 0.0939. The Bertz CT molecular complexity index is 402. The molecule has 0 amide bonds. The third-order valence-corrected chi connectivity index (χ3v) is 2.91. The summed E-state index contributed by atoms with van der Waals surface area (Å²) in [6.45, 7) is 15.3. The van der Waals surface area contributed by atoms with Crippen LogP contribution in [0.1, 0.15) is 59.4 Å². The fourth-order valence-electron chi connectivity index (χ4n) is 1.62. The lowest BCUT2D eigenvalue weighted by Crippen LogP contribution is -2.35. The van der Waals surface area contributed by atoms with E-state index >= 15 is 0 Å². The van der Waals surface area contributed by atoms with Crippen molar-refractivity contribution in [1.82, 2.24) is 10.3 Å². The van der Waals surface area contributed by atoms with Crippen molar-refractivity contribution in [2.75, 3.05) is 6.61 Å². The van der Waals surface area contributed by atoms with Gasteiger partial charge in [-0.1, -0.05) is 26.8 Å². The second kappa shape index (κ2) is 7.19. The Kier molecular flexibility index (Phi) is 6.15. The number of nitrogens with one attached hydrogen (secondary N) is 1. The monoisotopic (exact) mass is 278 g/mol. The van der Waals surface area contributed by atoms with Gasteiger partial charge in [0.15, 0.2) is 0 Å². The fraction of sp³-hybridized carbons (Fsp3) is 0.706. The molecule has 0 bridgehead atoms. The number of ether oxygens (including phenoxy) is 1. The molecule has 114 valence electrons. The Hall–Kier alpha value is -0.930. The zero-order valence-electron chi connectivity index (χ0n) is 13.9. The molecule has 0 saturated carbocycles. The Morgan fingerprint density at radius 1 is 1.05 bits per heavy atom. The maximum Gasteiger partial charge on any atom is 0.0887 e. The van der Waals surface area contributed by atoms with E-state index in [9.17, 15) is 0 Å². The molecular formula is C17H30N2O. The smallest absolute Gasteiger partial charge is 0.0887 e. The van der Waals surface area contributed by atoms with E-state index in [1.807, 2.05) is 6.07 Å². The van der Waals surface area contributed by atoms with Crippen molar-refractivity contribution in [3.8, 4) is 0 Å². The van der Waals surface area contributed by atoms with Crippen LogP contribution in [-0.2, 0) is 17.9 Å². The van der Waals surface area contributed by atoms with Crippen molar-refractivity contribution in [2.24, 2.45) is 5.41 Å². The Labute approximate surface area is 124 Å². The van der Waals surface area contributed by atoms with E-state index < -0.39 is 0 Å². The van der Waals surface area contributed by atoms with Crippen LogP contribution in [0.3, 0.4) is 0 Å². The van der Waals surface area contributed by atoms with Crippen molar-refractivity contribution in [1.29, 1.82) is 0 Å². The van der Waals surface area contributed by atoms with Crippen LogP contribution in [0.5, 0.6) is 0 Å². The quantitative estimate of drug-likeness (QED) is 0.801. The van der Waals surface area contributed by atoms with E-state index in [2.05, 4.69) is 64.0 Å². The molecule has 0 aliphatic heterocycles. The zero-order valence-corrected chi connectivity index (χ0v) is 13.9. The molecule has 1 rings (SSSR count). The van der Waals surface area contributed by atoms with Gasteiger partial charge in [-0.25, -0.2) is 0 Å². The van der Waals surface area contributed by atoms with Gasteiger partial charge >= 0.3 is 0 Å². The third-order valence-electron chi connectivity index (χ3n) is 2.91. The van der Waals surface area contributed by atoms with Crippen molar-refractivity contribution in [3.63, 3.8) is 0 Å². The number of hydrogen-bond donors (Lipinski definition) is 1. The lowest BCUT2D eigenvalue weighted by Gasteiger charge is -2.20.